The first kappa shape index (κ1) is 17.8. The van der Waals surface area contributed by atoms with Gasteiger partial charge < -0.3 is 9.80 Å². The van der Waals surface area contributed by atoms with Crippen LogP contribution in [0.1, 0.15) is 70.8 Å². The lowest BCUT2D eigenvalue weighted by atomic mass is 9.84. The topological polar surface area (TPSA) is 24.8 Å². The molecule has 0 radical (unpaired) electrons. The van der Waals surface area contributed by atoms with Gasteiger partial charge in [0.05, 0.1) is 5.57 Å². The normalized spacial score (nSPS) is 30.5. The summed E-state index contributed by atoms with van der Waals surface area (Å²) in [5.74, 6) is 0.414. The van der Waals surface area contributed by atoms with E-state index >= 15 is 0 Å². The van der Waals surface area contributed by atoms with Crippen LogP contribution in [0, 0.1) is 0 Å². The molecule has 1 aromatic carbocycles. The number of benzene rings is 1. The molecule has 26 heavy (non-hydrogen) atoms. The molecule has 0 aromatic heterocycles. The van der Waals surface area contributed by atoms with Gasteiger partial charge in [-0.1, -0.05) is 49.6 Å². The molecule has 1 N–H and O–H groups in total. The summed E-state index contributed by atoms with van der Waals surface area (Å²) < 4.78 is 0. The summed E-state index contributed by atoms with van der Waals surface area (Å²) in [6.07, 6.45) is 9.97. The molecule has 3 atom stereocenters. The van der Waals surface area contributed by atoms with Crippen molar-refractivity contribution in [2.45, 2.75) is 90.0 Å². The lowest BCUT2D eigenvalue weighted by Crippen LogP contribution is -3.20. The highest BCUT2D eigenvalue weighted by atomic mass is 16.1. The van der Waals surface area contributed by atoms with E-state index in [4.69, 9.17) is 0 Å². The van der Waals surface area contributed by atoms with Crippen molar-refractivity contribution in [1.82, 2.24) is 4.90 Å². The predicted molar refractivity (Wildman–Crippen MR) is 105 cm³/mol. The number of carbonyl (C=O) groups is 1. The Balaban J connectivity index is 1.70. The van der Waals surface area contributed by atoms with Crippen LogP contribution >= 0.6 is 0 Å². The van der Waals surface area contributed by atoms with E-state index in [1.54, 1.807) is 0 Å². The lowest BCUT2D eigenvalue weighted by Gasteiger charge is -2.51. The number of hydrogen-bond donors (Lipinski definition) is 1. The van der Waals surface area contributed by atoms with E-state index in [1.165, 1.54) is 48.3 Å². The molecular formula is C23H33N2O+. The van der Waals surface area contributed by atoms with Crippen LogP contribution in [0.25, 0.3) is 0 Å². The van der Waals surface area contributed by atoms with Crippen molar-refractivity contribution in [2.24, 2.45) is 0 Å². The fourth-order valence-corrected chi connectivity index (χ4v) is 5.59. The van der Waals surface area contributed by atoms with Crippen molar-refractivity contribution in [1.29, 1.82) is 0 Å². The van der Waals surface area contributed by atoms with Crippen molar-refractivity contribution in [3.8, 4) is 0 Å². The van der Waals surface area contributed by atoms with Gasteiger partial charge in [-0.2, -0.15) is 0 Å². The van der Waals surface area contributed by atoms with Gasteiger partial charge in [0, 0.05) is 30.6 Å². The number of hydrogen-bond acceptors (Lipinski definition) is 2. The molecule has 1 heterocycles. The van der Waals surface area contributed by atoms with Crippen molar-refractivity contribution in [2.75, 3.05) is 0 Å². The minimum absolute atomic E-state index is 0.299. The third kappa shape index (κ3) is 3.22. The molecular weight excluding hydrogens is 320 g/mol. The first-order valence-electron chi connectivity index (χ1n) is 10.6. The van der Waals surface area contributed by atoms with Gasteiger partial charge >= 0.3 is 0 Å². The Labute approximate surface area is 158 Å². The van der Waals surface area contributed by atoms with E-state index in [-0.39, 0.29) is 0 Å². The number of quaternary nitrogens is 1. The maximum Gasteiger partial charge on any atom is 0.166 e. The Hall–Kier alpha value is -1.61. The average Bonchev–Trinajstić information content (AvgIpc) is 2.67. The van der Waals surface area contributed by atoms with Gasteiger partial charge in [0.25, 0.3) is 0 Å². The highest BCUT2D eigenvalue weighted by molar-refractivity contribution is 5.97. The zero-order chi connectivity index (χ0) is 18.1. The minimum Gasteiger partial charge on any atom is -0.323 e. The summed E-state index contributed by atoms with van der Waals surface area (Å²) in [5, 5.41) is 0. The fourth-order valence-electron chi connectivity index (χ4n) is 5.59. The highest BCUT2D eigenvalue weighted by Crippen LogP contribution is 2.35. The van der Waals surface area contributed by atoms with Crippen LogP contribution in [0.4, 0.5) is 0 Å². The number of nitrogens with zero attached hydrogens (tertiary/aromatic N) is 1. The monoisotopic (exact) mass is 353 g/mol. The van der Waals surface area contributed by atoms with Crippen LogP contribution in [0.3, 0.4) is 0 Å². The number of carbonyl (C=O) groups excluding carboxylic acids is 1. The van der Waals surface area contributed by atoms with Crippen molar-refractivity contribution in [3.63, 3.8) is 0 Å². The zero-order valence-electron chi connectivity index (χ0n) is 16.3. The summed E-state index contributed by atoms with van der Waals surface area (Å²) in [7, 11) is 0. The van der Waals surface area contributed by atoms with E-state index in [1.807, 2.05) is 0 Å². The average molecular weight is 354 g/mol. The molecule has 4 rings (SSSR count). The maximum atomic E-state index is 12.9. The Morgan fingerprint density at radius 2 is 1.73 bits per heavy atom. The molecule has 3 heteroatoms. The first-order chi connectivity index (χ1) is 12.7. The minimum atomic E-state index is 0.299. The van der Waals surface area contributed by atoms with E-state index in [0.29, 0.717) is 24.0 Å². The van der Waals surface area contributed by atoms with E-state index < -0.39 is 0 Å². The molecule has 2 aliphatic carbocycles. The predicted octanol–water partition coefficient (Wildman–Crippen LogP) is 3.46. The Morgan fingerprint density at radius 3 is 2.46 bits per heavy atom. The number of Topliss-reactive ketones (excluding diaryl/α,β-unsaturated/α-hetero) is 1. The smallest absolute Gasteiger partial charge is 0.166 e. The number of ketones is 1. The summed E-state index contributed by atoms with van der Waals surface area (Å²) in [6.45, 7) is 5.67. The quantitative estimate of drug-likeness (QED) is 0.900. The second-order valence-corrected chi connectivity index (χ2v) is 8.47. The highest BCUT2D eigenvalue weighted by Gasteiger charge is 2.45. The van der Waals surface area contributed by atoms with Crippen LogP contribution in [0.2, 0.25) is 0 Å². The van der Waals surface area contributed by atoms with Crippen LogP contribution < -0.4 is 4.90 Å². The number of allylic oxidation sites excluding steroid dienone is 1. The van der Waals surface area contributed by atoms with Gasteiger partial charge in [0.15, 0.2) is 11.9 Å². The van der Waals surface area contributed by atoms with Gasteiger partial charge in [-0.05, 0) is 32.6 Å². The molecule has 1 aromatic rings. The SMILES string of the molecule is C[C@H]1C2=C(CCCC2=O)N(C2CCCCC2)[C@H](C)[NH+]1Cc1ccccc1. The zero-order valence-corrected chi connectivity index (χ0v) is 16.3. The second kappa shape index (κ2) is 7.56. The third-order valence-corrected chi connectivity index (χ3v) is 6.90. The number of rotatable bonds is 3. The van der Waals surface area contributed by atoms with Gasteiger partial charge in [0.1, 0.15) is 12.6 Å². The van der Waals surface area contributed by atoms with Gasteiger partial charge in [-0.3, -0.25) is 4.79 Å². The van der Waals surface area contributed by atoms with E-state index in [9.17, 15) is 4.79 Å². The van der Waals surface area contributed by atoms with Crippen molar-refractivity contribution in [3.05, 3.63) is 47.2 Å². The molecule has 0 bridgehead atoms. The standard InChI is InChI=1S/C23H32N2O/c1-17-23-21(14-9-15-22(23)26)25(20-12-7-4-8-13-20)18(2)24(17)16-19-10-5-3-6-11-19/h3,5-6,10-11,17-18,20H,4,7-9,12-16H2,1-2H3/p+1/t17-,18+/m0/s1. The molecule has 0 amide bonds. The second-order valence-electron chi connectivity index (χ2n) is 8.47. The van der Waals surface area contributed by atoms with Crippen LogP contribution in [0.5, 0.6) is 0 Å². The molecule has 1 saturated carbocycles. The Kier molecular flexibility index (Phi) is 5.17. The molecule has 1 unspecified atom stereocenters. The van der Waals surface area contributed by atoms with E-state index in [2.05, 4.69) is 49.1 Å². The van der Waals surface area contributed by atoms with Gasteiger partial charge in [0.2, 0.25) is 0 Å². The number of nitrogens with one attached hydrogen (secondary N) is 1. The molecule has 0 spiro atoms. The molecule has 3 nitrogen and oxygen atoms in total. The van der Waals surface area contributed by atoms with Gasteiger partial charge in [-0.25, -0.2) is 0 Å². The molecule has 140 valence electrons. The summed E-state index contributed by atoms with van der Waals surface area (Å²) in [6, 6.07) is 11.7. The molecule has 1 aliphatic heterocycles. The van der Waals surface area contributed by atoms with Crippen LogP contribution in [-0.2, 0) is 11.3 Å². The Morgan fingerprint density at radius 1 is 1.00 bits per heavy atom. The largest absolute Gasteiger partial charge is 0.323 e. The fraction of sp³-hybridized carbons (Fsp3) is 0.609. The van der Waals surface area contributed by atoms with Crippen LogP contribution in [-0.4, -0.2) is 28.9 Å². The van der Waals surface area contributed by atoms with Crippen molar-refractivity contribution < 1.29 is 9.69 Å². The third-order valence-electron chi connectivity index (χ3n) is 6.90. The molecule has 1 fully saturated rings. The molecule has 0 saturated heterocycles. The maximum absolute atomic E-state index is 12.9. The summed E-state index contributed by atoms with van der Waals surface area (Å²) >= 11 is 0. The summed E-state index contributed by atoms with van der Waals surface area (Å²) in [4.78, 5) is 17.1. The van der Waals surface area contributed by atoms with Crippen LogP contribution in [0.15, 0.2) is 41.6 Å². The van der Waals surface area contributed by atoms with Gasteiger partial charge in [-0.15, -0.1) is 0 Å². The van der Waals surface area contributed by atoms with Crippen molar-refractivity contribution >= 4 is 5.78 Å². The first-order valence-corrected chi connectivity index (χ1v) is 10.6. The molecule has 3 aliphatic rings. The Bertz CT molecular complexity index is 675. The summed E-state index contributed by atoms with van der Waals surface area (Å²) in [5.41, 5.74) is 3.94. The lowest BCUT2D eigenvalue weighted by molar-refractivity contribution is -0.967. The van der Waals surface area contributed by atoms with E-state index in [0.717, 1.165) is 31.4 Å².